The molecular formula is C22H28O6. The third-order valence-electron chi connectivity index (χ3n) is 6.38. The number of Topliss-reactive ketones (excluding diaryl/α,β-unsaturated/α-hetero) is 1. The molecule has 1 aromatic heterocycles. The maximum absolute atomic E-state index is 13.2. The molecule has 0 aromatic carbocycles. The fourth-order valence-electron chi connectivity index (χ4n) is 4.82. The molecule has 0 amide bonds. The fourth-order valence-corrected chi connectivity index (χ4v) is 4.82. The average Bonchev–Trinajstić information content (AvgIpc) is 2.96. The number of carbonyl (C=O) groups excluding carboxylic acids is 3. The highest BCUT2D eigenvalue weighted by Gasteiger charge is 2.61. The Morgan fingerprint density at radius 2 is 1.89 bits per heavy atom. The van der Waals surface area contributed by atoms with Crippen molar-refractivity contribution in [2.45, 2.75) is 66.6 Å². The van der Waals surface area contributed by atoms with E-state index in [0.717, 1.165) is 11.1 Å². The first kappa shape index (κ1) is 20.4. The number of carbonyl (C=O) groups is 3. The average molecular weight is 388 g/mol. The molecule has 0 bridgehead atoms. The van der Waals surface area contributed by atoms with Crippen molar-refractivity contribution < 1.29 is 28.3 Å². The molecule has 2 aliphatic rings. The second-order valence-electron chi connectivity index (χ2n) is 8.50. The highest BCUT2D eigenvalue weighted by molar-refractivity contribution is 5.99. The number of hydrogen-bond acceptors (Lipinski definition) is 6. The number of ketones is 1. The number of ether oxygens (including phenoxy) is 2. The van der Waals surface area contributed by atoms with Crippen LogP contribution in [0.5, 0.6) is 0 Å². The summed E-state index contributed by atoms with van der Waals surface area (Å²) in [7, 11) is 0. The largest absolute Gasteiger partial charge is 0.461 e. The summed E-state index contributed by atoms with van der Waals surface area (Å²) in [4.78, 5) is 37.3. The predicted octanol–water partition coefficient (Wildman–Crippen LogP) is 4.32. The summed E-state index contributed by atoms with van der Waals surface area (Å²) in [6.07, 6.45) is 3.15. The van der Waals surface area contributed by atoms with Gasteiger partial charge in [-0.25, -0.2) is 4.79 Å². The molecule has 0 spiro atoms. The van der Waals surface area contributed by atoms with Crippen LogP contribution in [-0.4, -0.2) is 23.8 Å². The molecule has 1 fully saturated rings. The molecule has 1 heterocycles. The lowest BCUT2D eigenvalue weighted by atomic mass is 9.53. The highest BCUT2D eigenvalue weighted by atomic mass is 16.6. The number of aryl methyl sites for hydroxylation is 1. The first-order chi connectivity index (χ1) is 13.1. The molecular weight excluding hydrogens is 360 g/mol. The Balaban J connectivity index is 2.03. The van der Waals surface area contributed by atoms with E-state index in [9.17, 15) is 14.4 Å². The van der Waals surface area contributed by atoms with E-state index in [1.54, 1.807) is 0 Å². The lowest BCUT2D eigenvalue weighted by Gasteiger charge is -2.53. The van der Waals surface area contributed by atoms with Gasteiger partial charge in [0.25, 0.3) is 0 Å². The summed E-state index contributed by atoms with van der Waals surface area (Å²) in [6.45, 7) is 10.8. The van der Waals surface area contributed by atoms with Crippen LogP contribution in [0.1, 0.15) is 75.2 Å². The van der Waals surface area contributed by atoms with Crippen LogP contribution < -0.4 is 0 Å². The number of fused-ring (bicyclic) bond motifs is 2. The van der Waals surface area contributed by atoms with E-state index in [0.29, 0.717) is 24.2 Å². The molecule has 0 radical (unpaired) electrons. The first-order valence-electron chi connectivity index (χ1n) is 9.72. The Kier molecular flexibility index (Phi) is 5.26. The molecule has 1 saturated carbocycles. The number of allylic oxidation sites excluding steroid dienone is 1. The number of hydrogen-bond donors (Lipinski definition) is 0. The van der Waals surface area contributed by atoms with Gasteiger partial charge in [-0.15, -0.1) is 0 Å². The third-order valence-corrected chi connectivity index (χ3v) is 6.38. The van der Waals surface area contributed by atoms with Gasteiger partial charge in [0.1, 0.15) is 12.2 Å². The Morgan fingerprint density at radius 1 is 1.21 bits per heavy atom. The van der Waals surface area contributed by atoms with Gasteiger partial charge in [0.15, 0.2) is 5.76 Å². The SMILES string of the molecule is CC(=O)OC1c2c(C)coc2C(=O)C2CCC(OC(=O)C=C(C)C)C(C)C21C. The zero-order chi connectivity index (χ0) is 20.8. The van der Waals surface area contributed by atoms with Crippen molar-refractivity contribution in [3.8, 4) is 0 Å². The zero-order valence-electron chi connectivity index (χ0n) is 17.3. The van der Waals surface area contributed by atoms with Gasteiger partial charge in [-0.05, 0) is 39.2 Å². The monoisotopic (exact) mass is 388 g/mol. The van der Waals surface area contributed by atoms with Crippen LogP contribution in [0.3, 0.4) is 0 Å². The van der Waals surface area contributed by atoms with Crippen LogP contribution in [0.2, 0.25) is 0 Å². The molecule has 6 heteroatoms. The maximum atomic E-state index is 13.2. The van der Waals surface area contributed by atoms with Gasteiger partial charge in [0.05, 0.1) is 6.26 Å². The second-order valence-corrected chi connectivity index (χ2v) is 8.50. The van der Waals surface area contributed by atoms with Crippen LogP contribution in [0.4, 0.5) is 0 Å². The Labute approximate surface area is 165 Å². The first-order valence-corrected chi connectivity index (χ1v) is 9.72. The molecule has 0 N–H and O–H groups in total. The Bertz CT molecular complexity index is 843. The summed E-state index contributed by atoms with van der Waals surface area (Å²) in [5.74, 6) is -1.11. The number of furan rings is 1. The Morgan fingerprint density at radius 3 is 2.50 bits per heavy atom. The van der Waals surface area contributed by atoms with Gasteiger partial charge in [-0.3, -0.25) is 9.59 Å². The van der Waals surface area contributed by atoms with Crippen molar-refractivity contribution in [3.05, 3.63) is 34.8 Å². The summed E-state index contributed by atoms with van der Waals surface area (Å²) >= 11 is 0. The molecule has 0 saturated heterocycles. The van der Waals surface area contributed by atoms with Crippen LogP contribution in [-0.2, 0) is 19.1 Å². The standard InChI is InChI=1S/C22H28O6/c1-11(2)9-17(24)28-16-8-7-15-19(25)20-18(12(3)10-26-20)21(27-14(5)23)22(15,6)13(16)4/h9-10,13,15-16,21H,7-8H2,1-6H3. The summed E-state index contributed by atoms with van der Waals surface area (Å²) in [6, 6.07) is 0. The minimum Gasteiger partial charge on any atom is -0.461 e. The van der Waals surface area contributed by atoms with Gasteiger partial charge in [0, 0.05) is 35.8 Å². The second kappa shape index (κ2) is 7.22. The molecule has 0 aliphatic heterocycles. The lowest BCUT2D eigenvalue weighted by molar-refractivity contribution is -0.179. The normalized spacial score (nSPS) is 31.4. The maximum Gasteiger partial charge on any atom is 0.330 e. The number of rotatable bonds is 3. The van der Waals surface area contributed by atoms with Gasteiger partial charge in [-0.1, -0.05) is 19.4 Å². The lowest BCUT2D eigenvalue weighted by Crippen LogP contribution is -2.55. The topological polar surface area (TPSA) is 82.8 Å². The van der Waals surface area contributed by atoms with Crippen molar-refractivity contribution in [1.29, 1.82) is 0 Å². The van der Waals surface area contributed by atoms with E-state index in [1.165, 1.54) is 19.3 Å². The van der Waals surface area contributed by atoms with E-state index < -0.39 is 17.5 Å². The zero-order valence-corrected chi connectivity index (χ0v) is 17.3. The third kappa shape index (κ3) is 3.19. The van der Waals surface area contributed by atoms with Crippen molar-refractivity contribution in [3.63, 3.8) is 0 Å². The minimum atomic E-state index is -0.696. The van der Waals surface area contributed by atoms with Gasteiger partial charge >= 0.3 is 11.9 Å². The van der Waals surface area contributed by atoms with E-state index in [-0.39, 0.29) is 29.7 Å². The van der Waals surface area contributed by atoms with Gasteiger partial charge in [0.2, 0.25) is 5.78 Å². The van der Waals surface area contributed by atoms with Crippen molar-refractivity contribution in [2.24, 2.45) is 17.3 Å². The van der Waals surface area contributed by atoms with Gasteiger partial charge in [-0.2, -0.15) is 0 Å². The van der Waals surface area contributed by atoms with Gasteiger partial charge < -0.3 is 13.9 Å². The van der Waals surface area contributed by atoms with Crippen molar-refractivity contribution >= 4 is 17.7 Å². The van der Waals surface area contributed by atoms with Crippen LogP contribution in [0.25, 0.3) is 0 Å². The Hall–Kier alpha value is -2.37. The minimum absolute atomic E-state index is 0.0603. The molecule has 28 heavy (non-hydrogen) atoms. The van der Waals surface area contributed by atoms with Crippen LogP contribution in [0, 0.1) is 24.2 Å². The molecule has 2 aliphatic carbocycles. The molecule has 3 rings (SSSR count). The molecule has 5 unspecified atom stereocenters. The van der Waals surface area contributed by atoms with Crippen molar-refractivity contribution in [2.75, 3.05) is 0 Å². The quantitative estimate of drug-likeness (QED) is 0.566. The summed E-state index contributed by atoms with van der Waals surface area (Å²) in [5, 5.41) is 0. The molecule has 1 aromatic rings. The predicted molar refractivity (Wildman–Crippen MR) is 102 cm³/mol. The van der Waals surface area contributed by atoms with E-state index in [4.69, 9.17) is 13.9 Å². The van der Waals surface area contributed by atoms with E-state index >= 15 is 0 Å². The van der Waals surface area contributed by atoms with Crippen LogP contribution >= 0.6 is 0 Å². The fraction of sp³-hybridized carbons (Fsp3) is 0.591. The molecule has 152 valence electrons. The molecule has 5 atom stereocenters. The van der Waals surface area contributed by atoms with E-state index in [2.05, 4.69) is 0 Å². The smallest absolute Gasteiger partial charge is 0.330 e. The van der Waals surface area contributed by atoms with E-state index in [1.807, 2.05) is 34.6 Å². The van der Waals surface area contributed by atoms with Crippen LogP contribution in [0.15, 0.2) is 22.3 Å². The summed E-state index contributed by atoms with van der Waals surface area (Å²) in [5.41, 5.74) is 1.59. The summed E-state index contributed by atoms with van der Waals surface area (Å²) < 4.78 is 17.0. The van der Waals surface area contributed by atoms with Crippen molar-refractivity contribution in [1.82, 2.24) is 0 Å². The highest BCUT2D eigenvalue weighted by Crippen LogP contribution is 2.59. The number of esters is 2. The molecule has 6 nitrogen and oxygen atoms in total.